The second-order valence-corrected chi connectivity index (χ2v) is 18.3. The Labute approximate surface area is 225 Å². The van der Waals surface area contributed by atoms with Crippen LogP contribution in [0.2, 0.25) is 18.1 Å². The van der Waals surface area contributed by atoms with Gasteiger partial charge in [0.2, 0.25) is 0 Å². The number of aryl methyl sites for hydroxylation is 1. The molecule has 0 aliphatic heterocycles. The van der Waals surface area contributed by atoms with Gasteiger partial charge in [-0.2, -0.15) is 10.2 Å². The molecule has 0 amide bonds. The highest BCUT2D eigenvalue weighted by Gasteiger charge is 2.46. The standard InChI is InChI=1S/C29H39FN4OSSi/c1-28(2,3)37(5,6)35-20-29-14-21(19-36-26-17-31-33(4)18-26)7-8-23(29)13-27-22(15-29)16-32-34(27)25-11-9-24(30)10-12-25/h9-13,16-18,21H,7-8,14-15,19-20H2,1-6H3/t21-,29-/m0/s1. The second-order valence-electron chi connectivity index (χ2n) is 12.4. The molecule has 198 valence electrons. The SMILES string of the molecule is Cn1cc(SC[C@H]2CCC3=Cc4c(cnn4-c4ccc(F)cc4)C[C@]3(CO[Si](C)(C)C(C)(C)C)C2)cn1. The second kappa shape index (κ2) is 9.86. The Balaban J connectivity index is 1.43. The predicted octanol–water partition coefficient (Wildman–Crippen LogP) is 7.29. The summed E-state index contributed by atoms with van der Waals surface area (Å²) in [6.07, 6.45) is 12.8. The summed E-state index contributed by atoms with van der Waals surface area (Å²) in [4.78, 5) is 1.24. The van der Waals surface area contributed by atoms with Crippen LogP contribution in [-0.2, 0) is 17.9 Å². The van der Waals surface area contributed by atoms with Gasteiger partial charge >= 0.3 is 0 Å². The lowest BCUT2D eigenvalue weighted by Crippen LogP contribution is -2.47. The quantitative estimate of drug-likeness (QED) is 0.234. The molecule has 0 unspecified atom stereocenters. The molecule has 1 fully saturated rings. The van der Waals surface area contributed by atoms with Gasteiger partial charge in [0.05, 0.1) is 23.8 Å². The number of hydrogen-bond acceptors (Lipinski definition) is 4. The lowest BCUT2D eigenvalue weighted by atomic mass is 9.62. The van der Waals surface area contributed by atoms with E-state index in [9.17, 15) is 4.39 Å². The van der Waals surface area contributed by atoms with Gasteiger partial charge in [0.15, 0.2) is 8.32 Å². The van der Waals surface area contributed by atoms with Crippen molar-refractivity contribution in [2.24, 2.45) is 18.4 Å². The summed E-state index contributed by atoms with van der Waals surface area (Å²) < 4.78 is 24.3. The lowest BCUT2D eigenvalue weighted by molar-refractivity contribution is 0.115. The summed E-state index contributed by atoms with van der Waals surface area (Å²) in [6.45, 7) is 12.4. The third-order valence-corrected chi connectivity index (χ3v) is 14.3. The highest BCUT2D eigenvalue weighted by Crippen LogP contribution is 2.52. The van der Waals surface area contributed by atoms with Crippen LogP contribution in [0.4, 0.5) is 4.39 Å². The molecule has 0 radical (unpaired) electrons. The molecule has 1 aromatic carbocycles. The average Bonchev–Trinajstić information content (AvgIpc) is 3.45. The molecular weight excluding hydrogens is 499 g/mol. The number of thioether (sulfide) groups is 1. The molecule has 0 bridgehead atoms. The van der Waals surface area contributed by atoms with E-state index < -0.39 is 8.32 Å². The first-order chi connectivity index (χ1) is 17.5. The smallest absolute Gasteiger partial charge is 0.192 e. The maximum atomic E-state index is 13.6. The molecule has 2 aromatic heterocycles. The summed E-state index contributed by atoms with van der Waals surface area (Å²) in [6, 6.07) is 6.61. The monoisotopic (exact) mass is 538 g/mol. The molecule has 37 heavy (non-hydrogen) atoms. The predicted molar refractivity (Wildman–Crippen MR) is 152 cm³/mol. The third-order valence-electron chi connectivity index (χ3n) is 8.66. The third kappa shape index (κ3) is 5.38. The van der Waals surface area contributed by atoms with E-state index in [0.717, 1.165) is 43.0 Å². The van der Waals surface area contributed by atoms with Crippen LogP contribution >= 0.6 is 11.8 Å². The molecule has 0 spiro atoms. The minimum absolute atomic E-state index is 0.00239. The van der Waals surface area contributed by atoms with Crippen LogP contribution in [0, 0.1) is 17.2 Å². The summed E-state index contributed by atoms with van der Waals surface area (Å²) in [5.41, 5.74) is 4.77. The molecule has 3 aromatic rings. The summed E-state index contributed by atoms with van der Waals surface area (Å²) >= 11 is 1.92. The molecule has 2 aliphatic rings. The Bertz CT molecular complexity index is 1290. The van der Waals surface area contributed by atoms with Gasteiger partial charge < -0.3 is 4.43 Å². The van der Waals surface area contributed by atoms with E-state index in [2.05, 4.69) is 51.2 Å². The van der Waals surface area contributed by atoms with E-state index in [-0.39, 0.29) is 16.3 Å². The molecule has 5 rings (SSSR count). The zero-order chi connectivity index (χ0) is 26.4. The van der Waals surface area contributed by atoms with Crippen LogP contribution in [0.3, 0.4) is 0 Å². The largest absolute Gasteiger partial charge is 0.416 e. The molecule has 2 atom stereocenters. The average molecular weight is 539 g/mol. The summed E-state index contributed by atoms with van der Waals surface area (Å²) in [5.74, 6) is 1.49. The number of halogens is 1. The van der Waals surface area contributed by atoms with Gasteiger partial charge in [0.25, 0.3) is 0 Å². The van der Waals surface area contributed by atoms with E-state index in [4.69, 9.17) is 9.52 Å². The minimum atomic E-state index is -1.91. The Morgan fingerprint density at radius 1 is 1.16 bits per heavy atom. The van der Waals surface area contributed by atoms with Crippen molar-refractivity contribution in [1.29, 1.82) is 0 Å². The van der Waals surface area contributed by atoms with Crippen LogP contribution in [0.5, 0.6) is 0 Å². The fourth-order valence-corrected chi connectivity index (χ4v) is 7.52. The first-order valence-electron chi connectivity index (χ1n) is 13.3. The van der Waals surface area contributed by atoms with Crippen LogP contribution in [0.1, 0.15) is 51.3 Å². The van der Waals surface area contributed by atoms with Gasteiger partial charge in [-0.15, -0.1) is 11.8 Å². The fraction of sp³-hybridized carbons (Fsp3) is 0.517. The van der Waals surface area contributed by atoms with Crippen molar-refractivity contribution in [3.05, 3.63) is 65.5 Å². The minimum Gasteiger partial charge on any atom is -0.416 e. The maximum Gasteiger partial charge on any atom is 0.192 e. The molecule has 2 aliphatic carbocycles. The van der Waals surface area contributed by atoms with Crippen LogP contribution in [0.25, 0.3) is 11.8 Å². The van der Waals surface area contributed by atoms with Gasteiger partial charge in [-0.1, -0.05) is 26.3 Å². The van der Waals surface area contributed by atoms with Crippen molar-refractivity contribution in [1.82, 2.24) is 19.6 Å². The Morgan fingerprint density at radius 3 is 2.59 bits per heavy atom. The Kier molecular flexibility index (Phi) is 7.05. The summed E-state index contributed by atoms with van der Waals surface area (Å²) in [5, 5.41) is 9.25. The number of rotatable bonds is 7. The van der Waals surface area contributed by atoms with Gasteiger partial charge in [0, 0.05) is 35.9 Å². The molecule has 0 N–H and O–H groups in total. The highest BCUT2D eigenvalue weighted by atomic mass is 32.2. The Morgan fingerprint density at radius 2 is 1.92 bits per heavy atom. The van der Waals surface area contributed by atoms with E-state index in [0.29, 0.717) is 5.92 Å². The Hall–Kier alpha value is -2.16. The summed E-state index contributed by atoms with van der Waals surface area (Å²) in [7, 11) is 0.0678. The lowest BCUT2D eigenvalue weighted by Gasteiger charge is -2.48. The number of nitrogens with zero attached hydrogens (tertiary/aromatic N) is 4. The number of benzene rings is 1. The van der Waals surface area contributed by atoms with Crippen LogP contribution < -0.4 is 0 Å². The number of fused-ring (bicyclic) bond motifs is 2. The zero-order valence-electron chi connectivity index (χ0n) is 22.9. The zero-order valence-corrected chi connectivity index (χ0v) is 24.7. The molecule has 5 nitrogen and oxygen atoms in total. The van der Waals surface area contributed by atoms with Gasteiger partial charge in [0.1, 0.15) is 5.82 Å². The number of aromatic nitrogens is 4. The van der Waals surface area contributed by atoms with Gasteiger partial charge in [-0.3, -0.25) is 4.68 Å². The van der Waals surface area contributed by atoms with E-state index in [1.54, 1.807) is 12.1 Å². The van der Waals surface area contributed by atoms with Crippen molar-refractivity contribution < 1.29 is 8.82 Å². The molecule has 8 heteroatoms. The van der Waals surface area contributed by atoms with E-state index >= 15 is 0 Å². The number of hydrogen-bond donors (Lipinski definition) is 0. The first kappa shape index (κ1) is 26.4. The van der Waals surface area contributed by atoms with Crippen molar-refractivity contribution in [3.63, 3.8) is 0 Å². The van der Waals surface area contributed by atoms with Crippen molar-refractivity contribution in [3.8, 4) is 5.69 Å². The molecular formula is C29H39FN4OSSi. The molecule has 1 saturated carbocycles. The van der Waals surface area contributed by atoms with Crippen LogP contribution in [0.15, 0.2) is 53.3 Å². The fourth-order valence-electron chi connectivity index (χ4n) is 5.39. The van der Waals surface area contributed by atoms with Crippen molar-refractivity contribution in [2.45, 2.75) is 69.5 Å². The normalized spacial score (nSPS) is 21.9. The van der Waals surface area contributed by atoms with Crippen molar-refractivity contribution >= 4 is 26.2 Å². The first-order valence-corrected chi connectivity index (χ1v) is 17.1. The van der Waals surface area contributed by atoms with Gasteiger partial charge in [-0.05, 0) is 85.6 Å². The van der Waals surface area contributed by atoms with Crippen LogP contribution in [-0.4, -0.2) is 40.2 Å². The maximum absolute atomic E-state index is 13.6. The van der Waals surface area contributed by atoms with Crippen molar-refractivity contribution in [2.75, 3.05) is 12.4 Å². The topological polar surface area (TPSA) is 44.9 Å². The van der Waals surface area contributed by atoms with Gasteiger partial charge in [-0.25, -0.2) is 9.07 Å². The molecule has 2 heterocycles. The molecule has 0 saturated heterocycles. The van der Waals surface area contributed by atoms with E-state index in [1.807, 2.05) is 40.6 Å². The van der Waals surface area contributed by atoms with E-state index in [1.165, 1.54) is 34.6 Å². The highest BCUT2D eigenvalue weighted by molar-refractivity contribution is 7.99.